The number of hydrogen-bond donors (Lipinski definition) is 2. The maximum absolute atomic E-state index is 15.3. The van der Waals surface area contributed by atoms with Gasteiger partial charge in [0.15, 0.2) is 0 Å². The summed E-state index contributed by atoms with van der Waals surface area (Å²) in [6, 6.07) is 11.6. The zero-order valence-corrected chi connectivity index (χ0v) is 22.6. The Kier molecular flexibility index (Phi) is 7.63. The van der Waals surface area contributed by atoms with Crippen molar-refractivity contribution in [2.45, 2.75) is 63.3 Å². The van der Waals surface area contributed by atoms with Crippen LogP contribution in [0, 0.1) is 5.82 Å². The van der Waals surface area contributed by atoms with Gasteiger partial charge in [-0.15, -0.1) is 0 Å². The smallest absolute Gasteiger partial charge is 0.417 e. The van der Waals surface area contributed by atoms with Crippen LogP contribution >= 0.6 is 0 Å². The SMILES string of the molecule is CC(C)(O)CCOc1ccc(-c2c(C(F)(F)F)cc(F)c3c2CC[C@H]3Oc2ccc3c(c2)OC[C@H]3CC(=O)O)cc1. The molecule has 6 nitrogen and oxygen atoms in total. The zero-order valence-electron chi connectivity index (χ0n) is 22.6. The van der Waals surface area contributed by atoms with Crippen molar-refractivity contribution < 1.29 is 46.8 Å². The lowest BCUT2D eigenvalue weighted by molar-refractivity contribution is -0.138. The second kappa shape index (κ2) is 10.9. The van der Waals surface area contributed by atoms with E-state index in [1.165, 1.54) is 12.1 Å². The number of hydrogen-bond acceptors (Lipinski definition) is 5. The van der Waals surface area contributed by atoms with Crippen molar-refractivity contribution in [2.75, 3.05) is 13.2 Å². The highest BCUT2D eigenvalue weighted by Gasteiger charge is 2.40. The molecule has 5 rings (SSSR count). The molecule has 1 heterocycles. The molecule has 0 unspecified atom stereocenters. The third-order valence-electron chi connectivity index (χ3n) is 7.40. The van der Waals surface area contributed by atoms with Gasteiger partial charge in [0.1, 0.15) is 29.2 Å². The lowest BCUT2D eigenvalue weighted by Gasteiger charge is -2.21. The van der Waals surface area contributed by atoms with Gasteiger partial charge in [0.25, 0.3) is 0 Å². The molecule has 0 aromatic heterocycles. The van der Waals surface area contributed by atoms with Gasteiger partial charge < -0.3 is 24.4 Å². The Morgan fingerprint density at radius 1 is 1.07 bits per heavy atom. The minimum Gasteiger partial charge on any atom is -0.493 e. The van der Waals surface area contributed by atoms with E-state index in [-0.39, 0.29) is 60.6 Å². The molecule has 3 aromatic carbocycles. The Hall–Kier alpha value is -3.79. The zero-order chi connectivity index (χ0) is 29.5. The van der Waals surface area contributed by atoms with Gasteiger partial charge in [-0.2, -0.15) is 13.2 Å². The van der Waals surface area contributed by atoms with Crippen LogP contribution in [0.15, 0.2) is 48.5 Å². The fraction of sp³-hybridized carbons (Fsp3) is 0.387. The molecule has 10 heteroatoms. The number of rotatable bonds is 9. The molecule has 0 saturated heterocycles. The topological polar surface area (TPSA) is 85.2 Å². The van der Waals surface area contributed by atoms with Crippen molar-refractivity contribution >= 4 is 5.97 Å². The summed E-state index contributed by atoms with van der Waals surface area (Å²) in [4.78, 5) is 11.1. The Balaban J connectivity index is 1.43. The molecular weight excluding hydrogens is 544 g/mol. The van der Waals surface area contributed by atoms with E-state index in [4.69, 9.17) is 19.3 Å². The van der Waals surface area contributed by atoms with E-state index in [0.717, 1.165) is 5.56 Å². The summed E-state index contributed by atoms with van der Waals surface area (Å²) < 4.78 is 75.0. The summed E-state index contributed by atoms with van der Waals surface area (Å²) in [6.07, 6.45) is -4.84. The van der Waals surface area contributed by atoms with E-state index in [1.54, 1.807) is 44.2 Å². The number of carboxylic acids is 1. The largest absolute Gasteiger partial charge is 0.493 e. The van der Waals surface area contributed by atoms with Gasteiger partial charge in [-0.3, -0.25) is 4.79 Å². The summed E-state index contributed by atoms with van der Waals surface area (Å²) in [7, 11) is 0. The standard InChI is InChI=1S/C31H30F4O6/c1-30(2,38)11-12-39-19-5-3-17(4-6-19)28-22-9-10-25(29(22)24(32)15-23(28)31(33,34)35)41-20-7-8-21-18(13-27(36)37)16-40-26(21)14-20/h3-8,14-15,18,25,38H,9-13,16H2,1-2H3,(H,36,37)/t18-,25-/m1/s1. The Morgan fingerprint density at radius 2 is 1.78 bits per heavy atom. The maximum Gasteiger partial charge on any atom is 0.417 e. The van der Waals surface area contributed by atoms with Crippen molar-refractivity contribution in [3.63, 3.8) is 0 Å². The molecule has 0 amide bonds. The monoisotopic (exact) mass is 574 g/mol. The molecule has 0 bridgehead atoms. The second-order valence-corrected chi connectivity index (χ2v) is 11.1. The summed E-state index contributed by atoms with van der Waals surface area (Å²) in [5.74, 6) is -0.939. The number of carbonyl (C=O) groups is 1. The Labute approximate surface area is 234 Å². The van der Waals surface area contributed by atoms with Gasteiger partial charge in [-0.1, -0.05) is 18.2 Å². The molecule has 3 aromatic rings. The van der Waals surface area contributed by atoms with Crippen molar-refractivity contribution in [3.05, 3.63) is 76.6 Å². The van der Waals surface area contributed by atoms with E-state index in [9.17, 15) is 23.1 Å². The van der Waals surface area contributed by atoms with Crippen molar-refractivity contribution in [2.24, 2.45) is 0 Å². The molecular formula is C31H30F4O6. The number of halogens is 4. The molecule has 2 aliphatic rings. The van der Waals surface area contributed by atoms with Crippen LogP contribution in [0.25, 0.3) is 11.1 Å². The van der Waals surface area contributed by atoms with Gasteiger partial charge in [0.2, 0.25) is 0 Å². The fourth-order valence-electron chi connectivity index (χ4n) is 5.43. The van der Waals surface area contributed by atoms with Crippen molar-refractivity contribution in [1.29, 1.82) is 0 Å². The van der Waals surface area contributed by atoms with Crippen molar-refractivity contribution in [3.8, 4) is 28.4 Å². The normalized spacial score (nSPS) is 18.0. The van der Waals surface area contributed by atoms with Gasteiger partial charge in [-0.05, 0) is 67.6 Å². The number of fused-ring (bicyclic) bond motifs is 2. The molecule has 0 spiro atoms. The minimum absolute atomic E-state index is 0.0767. The summed E-state index contributed by atoms with van der Waals surface area (Å²) in [5.41, 5.74) is -0.704. The molecule has 41 heavy (non-hydrogen) atoms. The van der Waals surface area contributed by atoms with Gasteiger partial charge in [0.05, 0.1) is 30.8 Å². The van der Waals surface area contributed by atoms with Crippen LogP contribution in [0.2, 0.25) is 0 Å². The summed E-state index contributed by atoms with van der Waals surface area (Å²) in [5, 5.41) is 19.0. The molecule has 0 radical (unpaired) electrons. The average Bonchev–Trinajstić information content (AvgIpc) is 3.47. The van der Waals surface area contributed by atoms with Crippen LogP contribution < -0.4 is 14.2 Å². The van der Waals surface area contributed by atoms with Crippen LogP contribution in [0.1, 0.15) is 67.4 Å². The Bertz CT molecular complexity index is 1440. The third-order valence-corrected chi connectivity index (χ3v) is 7.40. The predicted molar refractivity (Wildman–Crippen MR) is 142 cm³/mol. The van der Waals surface area contributed by atoms with Gasteiger partial charge in [0, 0.05) is 29.5 Å². The van der Waals surface area contributed by atoms with Crippen LogP contribution in [0.5, 0.6) is 17.2 Å². The second-order valence-electron chi connectivity index (χ2n) is 11.1. The molecule has 2 N–H and O–H groups in total. The fourth-order valence-corrected chi connectivity index (χ4v) is 5.43. The molecule has 1 aliphatic carbocycles. The van der Waals surface area contributed by atoms with Crippen LogP contribution in [-0.2, 0) is 17.4 Å². The maximum atomic E-state index is 15.3. The first kappa shape index (κ1) is 28.7. The molecule has 218 valence electrons. The van der Waals surface area contributed by atoms with Crippen LogP contribution in [-0.4, -0.2) is 35.0 Å². The highest BCUT2D eigenvalue weighted by Crippen LogP contribution is 2.48. The van der Waals surface area contributed by atoms with E-state index in [2.05, 4.69) is 0 Å². The van der Waals surface area contributed by atoms with E-state index in [1.807, 2.05) is 0 Å². The number of aliphatic carboxylic acids is 1. The molecule has 0 saturated carbocycles. The number of ether oxygens (including phenoxy) is 3. The Morgan fingerprint density at radius 3 is 2.44 bits per heavy atom. The highest BCUT2D eigenvalue weighted by atomic mass is 19.4. The molecule has 0 fully saturated rings. The lowest BCUT2D eigenvalue weighted by Crippen LogP contribution is -2.21. The summed E-state index contributed by atoms with van der Waals surface area (Å²) in [6.45, 7) is 3.76. The van der Waals surface area contributed by atoms with Gasteiger partial charge >= 0.3 is 12.1 Å². The highest BCUT2D eigenvalue weighted by molar-refractivity contribution is 5.75. The lowest BCUT2D eigenvalue weighted by atomic mass is 9.91. The minimum atomic E-state index is -4.78. The van der Waals surface area contributed by atoms with E-state index in [0.29, 0.717) is 29.7 Å². The van der Waals surface area contributed by atoms with E-state index < -0.39 is 35.2 Å². The predicted octanol–water partition coefficient (Wildman–Crippen LogP) is 7.07. The van der Waals surface area contributed by atoms with Gasteiger partial charge in [-0.25, -0.2) is 4.39 Å². The van der Waals surface area contributed by atoms with Crippen LogP contribution in [0.3, 0.4) is 0 Å². The number of aliphatic hydroxyl groups is 1. The number of alkyl halides is 3. The number of carboxylic acid groups (broad SMARTS) is 1. The quantitative estimate of drug-likeness (QED) is 0.266. The molecule has 2 atom stereocenters. The third kappa shape index (κ3) is 6.27. The first-order valence-corrected chi connectivity index (χ1v) is 13.3. The number of benzene rings is 3. The van der Waals surface area contributed by atoms with Crippen LogP contribution in [0.4, 0.5) is 17.6 Å². The average molecular weight is 575 g/mol. The van der Waals surface area contributed by atoms with Crippen molar-refractivity contribution in [1.82, 2.24) is 0 Å². The molecule has 1 aliphatic heterocycles. The van der Waals surface area contributed by atoms with E-state index >= 15 is 4.39 Å². The first-order valence-electron chi connectivity index (χ1n) is 13.3. The summed E-state index contributed by atoms with van der Waals surface area (Å²) >= 11 is 0. The first-order chi connectivity index (χ1) is 19.3.